The van der Waals surface area contributed by atoms with Gasteiger partial charge in [0, 0.05) is 0 Å². The second kappa shape index (κ2) is 11.6. The van der Waals surface area contributed by atoms with E-state index in [1.807, 2.05) is 0 Å². The van der Waals surface area contributed by atoms with Crippen molar-refractivity contribution in [1.29, 1.82) is 0 Å². The van der Waals surface area contributed by atoms with Crippen molar-refractivity contribution in [2.75, 3.05) is 0 Å². The molecular formula is C10H20Cl2N2Pd-2. The van der Waals surface area contributed by atoms with Gasteiger partial charge in [-0.2, -0.15) is 0 Å². The van der Waals surface area contributed by atoms with Crippen LogP contribution in [0, 0.1) is 0 Å². The molecule has 2 aliphatic rings. The first-order chi connectivity index (χ1) is 7.20. The Balaban J connectivity index is 0.000000210. The van der Waals surface area contributed by atoms with Crippen LogP contribution in [-0.4, -0.2) is 12.1 Å². The van der Waals surface area contributed by atoms with E-state index >= 15 is 0 Å². The Morgan fingerprint density at radius 1 is 0.733 bits per heavy atom. The summed E-state index contributed by atoms with van der Waals surface area (Å²) in [4.78, 5) is 0. The van der Waals surface area contributed by atoms with Gasteiger partial charge in [-0.15, -0.1) is 12.1 Å². The summed E-state index contributed by atoms with van der Waals surface area (Å²) in [5, 5.41) is 0. The van der Waals surface area contributed by atoms with Gasteiger partial charge in [-0.25, -0.2) is 0 Å². The molecule has 2 nitrogen and oxygen atoms in total. The third kappa shape index (κ3) is 11.4. The van der Waals surface area contributed by atoms with Gasteiger partial charge in [-0.3, -0.25) is 0 Å². The van der Waals surface area contributed by atoms with E-state index < -0.39 is 0 Å². The third-order valence-corrected chi connectivity index (χ3v) is 2.71. The smallest absolute Gasteiger partial charge is 0.0547 e. The van der Waals surface area contributed by atoms with Gasteiger partial charge in [-0.1, -0.05) is 51.4 Å². The molecule has 0 unspecified atom stereocenters. The molecule has 0 spiro atoms. The summed E-state index contributed by atoms with van der Waals surface area (Å²) in [6.07, 6.45) is 9.81. The number of halogens is 2. The van der Waals surface area contributed by atoms with Crippen molar-refractivity contribution in [3.05, 3.63) is 11.5 Å². The molecule has 2 aliphatic carbocycles. The van der Waals surface area contributed by atoms with E-state index in [1.54, 1.807) is 0 Å². The topological polar surface area (TPSA) is 47.6 Å². The van der Waals surface area contributed by atoms with Crippen LogP contribution in [0.5, 0.6) is 0 Å². The number of hydrogen-bond acceptors (Lipinski definition) is 0. The monoisotopic (exact) mass is 344 g/mol. The van der Waals surface area contributed by atoms with Gasteiger partial charge in [0.2, 0.25) is 0 Å². The minimum atomic E-state index is -0.106. The molecule has 0 bridgehead atoms. The van der Waals surface area contributed by atoms with E-state index in [9.17, 15) is 0 Å². The van der Waals surface area contributed by atoms with Gasteiger partial charge >= 0.3 is 35.0 Å². The molecule has 0 aromatic carbocycles. The zero-order chi connectivity index (χ0) is 11.5. The van der Waals surface area contributed by atoms with E-state index in [-0.39, 0.29) is 15.9 Å². The van der Waals surface area contributed by atoms with E-state index in [1.165, 1.54) is 25.7 Å². The zero-order valence-corrected chi connectivity index (χ0v) is 12.0. The van der Waals surface area contributed by atoms with Gasteiger partial charge in [0.1, 0.15) is 0 Å². The standard InChI is InChI=1S/2C5H10N.2ClH.Pd/c2*6-5-3-1-2-4-5;;;/h2*5-6H,1-4H2;2*1H;/q2*-1;;;+2/p-2. The van der Waals surface area contributed by atoms with Crippen LogP contribution >= 0.6 is 19.1 Å². The molecule has 5 heteroatoms. The van der Waals surface area contributed by atoms with Crippen LogP contribution in [0.1, 0.15) is 51.4 Å². The molecule has 0 aromatic heterocycles. The van der Waals surface area contributed by atoms with Gasteiger partial charge in [-0.05, 0) is 0 Å². The average molecular weight is 346 g/mol. The summed E-state index contributed by atoms with van der Waals surface area (Å²) in [5.41, 5.74) is 14.3. The molecule has 2 saturated carbocycles. The van der Waals surface area contributed by atoms with Crippen LogP contribution in [0.3, 0.4) is 0 Å². The van der Waals surface area contributed by atoms with Crippen molar-refractivity contribution in [3.63, 3.8) is 0 Å². The molecule has 0 saturated heterocycles. The summed E-state index contributed by atoms with van der Waals surface area (Å²) >= 11 is -0.106. The first-order valence-electron chi connectivity index (χ1n) is 5.45. The molecule has 0 heterocycles. The predicted octanol–water partition coefficient (Wildman–Crippen LogP) is 5.34. The molecule has 0 atom stereocenters. The van der Waals surface area contributed by atoms with Gasteiger partial charge in [0.25, 0.3) is 0 Å². The molecule has 15 heavy (non-hydrogen) atoms. The first-order valence-corrected chi connectivity index (χ1v) is 9.45. The number of rotatable bonds is 0. The van der Waals surface area contributed by atoms with Crippen LogP contribution < -0.4 is 0 Å². The van der Waals surface area contributed by atoms with Crippen molar-refractivity contribution in [2.24, 2.45) is 0 Å². The van der Waals surface area contributed by atoms with E-state index in [0.717, 1.165) is 25.7 Å². The van der Waals surface area contributed by atoms with Crippen LogP contribution in [0.2, 0.25) is 0 Å². The maximum absolute atomic E-state index is 7.13. The van der Waals surface area contributed by atoms with E-state index in [2.05, 4.69) is 0 Å². The van der Waals surface area contributed by atoms with Crippen molar-refractivity contribution in [2.45, 2.75) is 63.5 Å². The number of nitrogens with one attached hydrogen (secondary N) is 2. The second-order valence-electron chi connectivity index (χ2n) is 4.01. The molecule has 0 radical (unpaired) electrons. The summed E-state index contributed by atoms with van der Waals surface area (Å²) in [6, 6.07) is 0.593. The van der Waals surface area contributed by atoms with Crippen LogP contribution in [-0.2, 0) is 15.9 Å². The van der Waals surface area contributed by atoms with Crippen LogP contribution in [0.25, 0.3) is 11.5 Å². The third-order valence-electron chi connectivity index (χ3n) is 2.71. The Labute approximate surface area is 110 Å². The quantitative estimate of drug-likeness (QED) is 0.532. The minimum Gasteiger partial charge on any atom is -0.675 e. The van der Waals surface area contributed by atoms with Gasteiger partial charge in [0.15, 0.2) is 0 Å². The molecular weight excluding hydrogens is 325 g/mol. The van der Waals surface area contributed by atoms with Crippen molar-refractivity contribution < 1.29 is 15.9 Å². The minimum absolute atomic E-state index is 0.106. The SMILES string of the molecule is [Cl][Pd][Cl].[NH-]C1CCCC1.[NH-]C1CCCC1. The predicted molar refractivity (Wildman–Crippen MR) is 64.9 cm³/mol. The molecule has 0 aliphatic heterocycles. The largest absolute Gasteiger partial charge is 0.675 e. The van der Waals surface area contributed by atoms with Gasteiger partial charge in [0.05, 0.1) is 0 Å². The maximum atomic E-state index is 7.13. The molecule has 2 fully saturated rings. The Morgan fingerprint density at radius 3 is 1.00 bits per heavy atom. The molecule has 0 aromatic rings. The Hall–Kier alpha value is 1.16. The Kier molecular flexibility index (Phi) is 12.5. The summed E-state index contributed by atoms with van der Waals surface area (Å²) in [7, 11) is 9.63. The van der Waals surface area contributed by atoms with Crippen molar-refractivity contribution >= 4 is 19.1 Å². The summed E-state index contributed by atoms with van der Waals surface area (Å²) in [5.74, 6) is 0. The fraction of sp³-hybridized carbons (Fsp3) is 1.00. The number of hydrogen-bond donors (Lipinski definition) is 0. The molecule has 2 N–H and O–H groups in total. The molecule has 2 rings (SSSR count). The van der Waals surface area contributed by atoms with Gasteiger partial charge < -0.3 is 11.5 Å². The Bertz CT molecular complexity index is 113. The van der Waals surface area contributed by atoms with Crippen LogP contribution in [0.4, 0.5) is 0 Å². The second-order valence-corrected chi connectivity index (χ2v) is 6.37. The fourth-order valence-electron chi connectivity index (χ4n) is 1.85. The summed E-state index contributed by atoms with van der Waals surface area (Å²) in [6.45, 7) is 0. The normalized spacial score (nSPS) is 21.9. The zero-order valence-electron chi connectivity index (χ0n) is 8.88. The summed E-state index contributed by atoms with van der Waals surface area (Å²) < 4.78 is 0. The molecule has 0 amide bonds. The van der Waals surface area contributed by atoms with Crippen molar-refractivity contribution in [1.82, 2.24) is 0 Å². The maximum Gasteiger partial charge on any atom is -0.0547 e. The van der Waals surface area contributed by atoms with E-state index in [4.69, 9.17) is 30.5 Å². The fourth-order valence-corrected chi connectivity index (χ4v) is 1.85. The van der Waals surface area contributed by atoms with Crippen LogP contribution in [0.15, 0.2) is 0 Å². The van der Waals surface area contributed by atoms with Crippen molar-refractivity contribution in [3.8, 4) is 0 Å². The first kappa shape index (κ1) is 16.2. The van der Waals surface area contributed by atoms with E-state index in [0.29, 0.717) is 12.1 Å². The Morgan fingerprint density at radius 2 is 0.933 bits per heavy atom. The average Bonchev–Trinajstić information content (AvgIpc) is 2.81. The molecule has 96 valence electrons.